The van der Waals surface area contributed by atoms with Crippen molar-refractivity contribution in [1.29, 1.82) is 31.6 Å². The second-order valence-electron chi connectivity index (χ2n) is 18.0. The first-order valence-electron chi connectivity index (χ1n) is 23.6. The van der Waals surface area contributed by atoms with Gasteiger partial charge in [-0.3, -0.25) is 0 Å². The summed E-state index contributed by atoms with van der Waals surface area (Å²) in [4.78, 5) is 0. The lowest BCUT2D eigenvalue weighted by Gasteiger charge is -2.19. The molecule has 0 spiro atoms. The monoisotopic (exact) mass is 938 g/mol. The second-order valence-corrected chi connectivity index (χ2v) is 18.0. The van der Waals surface area contributed by atoms with Gasteiger partial charge in [0.25, 0.3) is 0 Å². The van der Waals surface area contributed by atoms with E-state index in [9.17, 15) is 31.6 Å². The Labute approximate surface area is 425 Å². The van der Waals surface area contributed by atoms with E-state index in [1.54, 1.807) is 0 Å². The predicted molar refractivity (Wildman–Crippen MR) is 291 cm³/mol. The first-order chi connectivity index (χ1) is 36.4. The van der Waals surface area contributed by atoms with Crippen molar-refractivity contribution in [2.45, 2.75) is 0 Å². The number of fused-ring (bicyclic) bond motifs is 6. The van der Waals surface area contributed by atoms with Crippen LogP contribution in [0.4, 0.5) is 0 Å². The third kappa shape index (κ3) is 7.44. The summed E-state index contributed by atoms with van der Waals surface area (Å²) >= 11 is 0. The molecule has 0 atom stereocenters. The minimum Gasteiger partial charge on any atom is -0.309 e. The fourth-order valence-corrected chi connectivity index (χ4v) is 10.3. The van der Waals surface area contributed by atoms with E-state index in [0.29, 0.717) is 33.4 Å². The van der Waals surface area contributed by atoms with Crippen molar-refractivity contribution < 1.29 is 0 Å². The quantitative estimate of drug-likeness (QED) is 0.155. The first-order valence-corrected chi connectivity index (χ1v) is 23.6. The molecule has 338 valence electrons. The highest BCUT2D eigenvalue weighted by Gasteiger charge is 2.23. The Kier molecular flexibility index (Phi) is 10.7. The molecule has 74 heavy (non-hydrogen) atoms. The molecule has 0 saturated heterocycles. The highest BCUT2D eigenvalue weighted by molar-refractivity contribution is 6.14. The van der Waals surface area contributed by atoms with E-state index < -0.39 is 0 Å². The van der Waals surface area contributed by atoms with E-state index >= 15 is 0 Å². The molecular weight excluding hydrogens is 905 g/mol. The minimum absolute atomic E-state index is 0.461. The number of benzene rings is 10. The Balaban J connectivity index is 1.12. The van der Waals surface area contributed by atoms with Gasteiger partial charge in [-0.25, -0.2) is 0 Å². The summed E-state index contributed by atoms with van der Waals surface area (Å²) in [5.74, 6) is 0. The summed E-state index contributed by atoms with van der Waals surface area (Å²) in [5, 5.41) is 63.3. The van der Waals surface area contributed by atoms with Gasteiger partial charge < -0.3 is 9.13 Å². The maximum atomic E-state index is 10.6. The average Bonchev–Trinajstić information content (AvgIpc) is 3.98. The second kappa shape index (κ2) is 17.9. The Hall–Kier alpha value is -11.3. The standard InChI is InChI=1S/C66H34N8/c67-35-41-1-11-47(12-2-41)51-19-25-62-57(31-51)58-32-52(48-13-3-42(36-68)4-14-48)20-26-63(58)73(62)61-24-10-45(39-71)29-56(61)55-23-9-46(40-72)30-66(55)74-64-27-21-53(49-15-5-43(37-69)6-16-49)33-59(64)60-34-54(22-28-65(60)74)50-17-7-44(38-70)8-18-50/h1-34H. The number of nitrogens with zero attached hydrogens (tertiary/aromatic N) is 8. The lowest BCUT2D eigenvalue weighted by molar-refractivity contribution is 1.16. The average molecular weight is 939 g/mol. The van der Waals surface area contributed by atoms with Crippen molar-refractivity contribution in [2.75, 3.05) is 0 Å². The topological polar surface area (TPSA) is 153 Å². The summed E-state index contributed by atoms with van der Waals surface area (Å²) in [6, 6.07) is 80.9. The van der Waals surface area contributed by atoms with Crippen LogP contribution in [0.3, 0.4) is 0 Å². The third-order valence-corrected chi connectivity index (χ3v) is 13.9. The Morgan fingerprint density at radius 1 is 0.216 bits per heavy atom. The number of hydrogen-bond donors (Lipinski definition) is 0. The lowest BCUT2D eigenvalue weighted by atomic mass is 9.97. The molecular formula is C66H34N8. The van der Waals surface area contributed by atoms with E-state index in [-0.39, 0.29) is 0 Å². The normalized spacial score (nSPS) is 10.9. The minimum atomic E-state index is 0.461. The van der Waals surface area contributed by atoms with Crippen molar-refractivity contribution in [3.8, 4) is 103 Å². The van der Waals surface area contributed by atoms with Crippen molar-refractivity contribution in [3.63, 3.8) is 0 Å². The molecule has 0 saturated carbocycles. The van der Waals surface area contributed by atoms with Gasteiger partial charge in [0.05, 0.1) is 103 Å². The van der Waals surface area contributed by atoms with E-state index in [0.717, 1.165) is 111 Å². The van der Waals surface area contributed by atoms with Gasteiger partial charge in [-0.1, -0.05) is 78.9 Å². The molecule has 0 aliphatic rings. The summed E-state index contributed by atoms with van der Waals surface area (Å²) < 4.78 is 4.45. The van der Waals surface area contributed by atoms with Crippen LogP contribution in [-0.4, -0.2) is 9.13 Å². The van der Waals surface area contributed by atoms with E-state index in [1.807, 2.05) is 133 Å². The fourth-order valence-electron chi connectivity index (χ4n) is 10.3. The van der Waals surface area contributed by atoms with Gasteiger partial charge >= 0.3 is 0 Å². The molecule has 8 nitrogen and oxygen atoms in total. The zero-order valence-electron chi connectivity index (χ0n) is 39.2. The summed E-state index contributed by atoms with van der Waals surface area (Å²) in [7, 11) is 0. The Morgan fingerprint density at radius 3 is 0.811 bits per heavy atom. The zero-order valence-corrected chi connectivity index (χ0v) is 39.2. The largest absolute Gasteiger partial charge is 0.309 e. The molecule has 0 fully saturated rings. The van der Waals surface area contributed by atoms with Crippen LogP contribution < -0.4 is 0 Å². The summed E-state index contributed by atoms with van der Waals surface area (Å²) in [6.45, 7) is 0. The van der Waals surface area contributed by atoms with Crippen LogP contribution in [0.2, 0.25) is 0 Å². The maximum Gasteiger partial charge on any atom is 0.0992 e. The van der Waals surface area contributed by atoms with Crippen LogP contribution in [0.15, 0.2) is 206 Å². The molecule has 2 aromatic heterocycles. The molecule has 0 aliphatic heterocycles. The molecule has 10 aromatic carbocycles. The van der Waals surface area contributed by atoms with Gasteiger partial charge in [0, 0.05) is 32.7 Å². The number of rotatable bonds is 7. The first kappa shape index (κ1) is 44.0. The molecule has 0 bridgehead atoms. The molecule has 12 rings (SSSR count). The van der Waals surface area contributed by atoms with Crippen LogP contribution in [0, 0.1) is 68.0 Å². The smallest absolute Gasteiger partial charge is 0.0992 e. The number of nitriles is 6. The molecule has 12 aromatic rings. The maximum absolute atomic E-state index is 10.6. The summed E-state index contributed by atoms with van der Waals surface area (Å²) in [6.07, 6.45) is 0. The lowest BCUT2D eigenvalue weighted by Crippen LogP contribution is -2.02. The van der Waals surface area contributed by atoms with Crippen molar-refractivity contribution in [3.05, 3.63) is 240 Å². The van der Waals surface area contributed by atoms with E-state index in [2.05, 4.69) is 118 Å². The van der Waals surface area contributed by atoms with Crippen LogP contribution in [0.1, 0.15) is 33.4 Å². The van der Waals surface area contributed by atoms with Crippen LogP contribution in [0.25, 0.3) is 111 Å². The Morgan fingerprint density at radius 2 is 0.486 bits per heavy atom. The number of aromatic nitrogens is 2. The van der Waals surface area contributed by atoms with Gasteiger partial charge in [0.15, 0.2) is 0 Å². The molecule has 2 heterocycles. The molecule has 0 N–H and O–H groups in total. The molecule has 0 radical (unpaired) electrons. The van der Waals surface area contributed by atoms with Gasteiger partial charge in [-0.15, -0.1) is 0 Å². The van der Waals surface area contributed by atoms with Crippen LogP contribution >= 0.6 is 0 Å². The van der Waals surface area contributed by atoms with Crippen molar-refractivity contribution >= 4 is 43.6 Å². The van der Waals surface area contributed by atoms with Gasteiger partial charge in [-0.2, -0.15) is 31.6 Å². The van der Waals surface area contributed by atoms with E-state index in [1.165, 1.54) is 0 Å². The van der Waals surface area contributed by atoms with Crippen molar-refractivity contribution in [1.82, 2.24) is 9.13 Å². The predicted octanol–water partition coefficient (Wildman–Crippen LogP) is 15.4. The third-order valence-electron chi connectivity index (χ3n) is 13.9. The Bertz CT molecular complexity index is 4340. The molecule has 0 unspecified atom stereocenters. The van der Waals surface area contributed by atoms with Gasteiger partial charge in [0.2, 0.25) is 0 Å². The zero-order chi connectivity index (χ0) is 50.5. The molecule has 0 aliphatic carbocycles. The van der Waals surface area contributed by atoms with E-state index in [4.69, 9.17) is 0 Å². The fraction of sp³-hybridized carbons (Fsp3) is 0. The highest BCUT2D eigenvalue weighted by Crippen LogP contribution is 2.44. The number of hydrogen-bond acceptors (Lipinski definition) is 6. The highest BCUT2D eigenvalue weighted by atomic mass is 15.0. The van der Waals surface area contributed by atoms with Crippen LogP contribution in [-0.2, 0) is 0 Å². The SMILES string of the molecule is N#Cc1ccc(-c2ccc3c(c2)c2cc(-c4ccc(C#N)cc4)ccc2n3-c2ccc(C#N)cc2-c2ccc(C#N)cc2-n2c3ccc(-c4ccc(C#N)cc4)cc3c3cc(-c4ccc(C#N)cc4)ccc32)cc1. The van der Waals surface area contributed by atoms with Gasteiger partial charge in [0.1, 0.15) is 0 Å². The molecule has 8 heteroatoms. The van der Waals surface area contributed by atoms with Gasteiger partial charge in [-0.05, 0) is 172 Å². The van der Waals surface area contributed by atoms with Crippen molar-refractivity contribution in [2.24, 2.45) is 0 Å². The summed E-state index contributed by atoms with van der Waals surface area (Å²) in [5.41, 5.74) is 17.8. The molecule has 0 amide bonds. The van der Waals surface area contributed by atoms with Crippen LogP contribution in [0.5, 0.6) is 0 Å².